The van der Waals surface area contributed by atoms with E-state index in [1.807, 2.05) is 0 Å². The number of nitrogens with two attached hydrogens (primary N) is 3. The van der Waals surface area contributed by atoms with E-state index in [1.54, 1.807) is 6.92 Å². The summed E-state index contributed by atoms with van der Waals surface area (Å²) in [5.41, 5.74) is 15.6. The van der Waals surface area contributed by atoms with Gasteiger partial charge in [0.25, 0.3) is 0 Å². The van der Waals surface area contributed by atoms with Crippen molar-refractivity contribution in [1.29, 1.82) is 5.41 Å². The Morgan fingerprint density at radius 2 is 1.76 bits per heavy atom. The highest BCUT2D eigenvalue weighted by molar-refractivity contribution is 5.89. The number of hydrogen-bond donors (Lipinski definition) is 7. The number of nitrogens with zero attached hydrogens (tertiary/aromatic N) is 2. The molecule has 13 heteroatoms. The van der Waals surface area contributed by atoms with Crippen LogP contribution in [0.3, 0.4) is 0 Å². The third-order valence-corrected chi connectivity index (χ3v) is 3.05. The lowest BCUT2D eigenvalue weighted by molar-refractivity contribution is 0.0600. The van der Waals surface area contributed by atoms with Gasteiger partial charge < -0.3 is 37.3 Å². The fourth-order valence-corrected chi connectivity index (χ4v) is 1.94. The second-order valence-corrected chi connectivity index (χ2v) is 5.18. The zero-order valence-electron chi connectivity index (χ0n) is 15.5. The molecule has 0 unspecified atom stereocenters. The molecular formula is C16H21FN6O6. The summed E-state index contributed by atoms with van der Waals surface area (Å²) < 4.78 is 18.5. The molecule has 0 aliphatic heterocycles. The maximum absolute atomic E-state index is 14.0. The number of carbonyl (C=O) groups excluding carboxylic acids is 1. The van der Waals surface area contributed by atoms with Crippen molar-refractivity contribution in [2.45, 2.75) is 13.3 Å². The third kappa shape index (κ3) is 9.37. The molecule has 1 heterocycles. The predicted molar refractivity (Wildman–Crippen MR) is 100 cm³/mol. The summed E-state index contributed by atoms with van der Waals surface area (Å²) >= 11 is 0. The van der Waals surface area contributed by atoms with Crippen LogP contribution < -0.4 is 17.2 Å². The number of carbonyl (C=O) groups is 2. The Hall–Kier alpha value is -4.16. The third-order valence-electron chi connectivity index (χ3n) is 3.05. The van der Waals surface area contributed by atoms with Gasteiger partial charge in [-0.25, -0.2) is 19.0 Å². The van der Waals surface area contributed by atoms with Crippen molar-refractivity contribution in [1.82, 2.24) is 9.97 Å². The minimum atomic E-state index is -1.83. The van der Waals surface area contributed by atoms with Gasteiger partial charge in [0.05, 0.1) is 18.4 Å². The van der Waals surface area contributed by atoms with E-state index in [1.165, 1.54) is 19.2 Å². The number of anilines is 1. The molecule has 10 N–H and O–H groups in total. The number of aromatic hydroxyl groups is 1. The number of aryl methyl sites for hydroxylation is 1. The van der Waals surface area contributed by atoms with Crippen LogP contribution in [-0.2, 0) is 11.2 Å². The molecule has 158 valence electrons. The fourth-order valence-electron chi connectivity index (χ4n) is 1.94. The number of hydrogen-bond acceptors (Lipinski definition) is 8. The molecule has 0 saturated heterocycles. The van der Waals surface area contributed by atoms with Crippen molar-refractivity contribution in [3.05, 3.63) is 46.4 Å². The standard InChI is InChI=1S/C14H14FN3O3.CH5N3.CH2O3/c1-7-10(12(19)18-14(16)17-7)5-8-3-4-9(6-11(8)15)13(20)21-2;2*2-1(3)4/h3-4,6H,5H2,1-2H3,(H3,16,17,18,19);(H5,2,3,4);(H2,2,3,4). The van der Waals surface area contributed by atoms with E-state index in [0.717, 1.165) is 6.07 Å². The second-order valence-electron chi connectivity index (χ2n) is 5.18. The van der Waals surface area contributed by atoms with Crippen LogP contribution in [0, 0.1) is 18.2 Å². The molecule has 0 aliphatic rings. The van der Waals surface area contributed by atoms with Gasteiger partial charge in [0.1, 0.15) is 5.82 Å². The summed E-state index contributed by atoms with van der Waals surface area (Å²) in [5, 5.41) is 29.8. The van der Waals surface area contributed by atoms with E-state index in [2.05, 4.69) is 26.2 Å². The number of halogens is 1. The summed E-state index contributed by atoms with van der Waals surface area (Å²) in [7, 11) is 1.22. The smallest absolute Gasteiger partial charge is 0.493 e. The molecule has 12 nitrogen and oxygen atoms in total. The molecule has 0 atom stereocenters. The maximum atomic E-state index is 14.0. The quantitative estimate of drug-likeness (QED) is 0.210. The van der Waals surface area contributed by atoms with Gasteiger partial charge in [0, 0.05) is 12.0 Å². The molecule has 0 aliphatic carbocycles. The zero-order valence-corrected chi connectivity index (χ0v) is 15.5. The normalized spacial score (nSPS) is 9.21. The number of nitrogens with one attached hydrogen (secondary N) is 1. The first kappa shape index (κ1) is 24.8. The molecule has 0 radical (unpaired) electrons. The minimum absolute atomic E-state index is 0.0461. The van der Waals surface area contributed by atoms with Crippen molar-refractivity contribution < 1.29 is 34.0 Å². The van der Waals surface area contributed by atoms with E-state index in [4.69, 9.17) is 26.2 Å². The van der Waals surface area contributed by atoms with Crippen LogP contribution in [0.2, 0.25) is 0 Å². The number of carboxylic acid groups (broad SMARTS) is 2. The van der Waals surface area contributed by atoms with Crippen LogP contribution in [-0.4, -0.2) is 50.5 Å². The summed E-state index contributed by atoms with van der Waals surface area (Å²) in [6.45, 7) is 1.65. The number of benzene rings is 1. The zero-order chi connectivity index (χ0) is 22.7. The van der Waals surface area contributed by atoms with Crippen molar-refractivity contribution in [3.63, 3.8) is 0 Å². The topological polar surface area (TPSA) is 232 Å². The van der Waals surface area contributed by atoms with Gasteiger partial charge in [0.2, 0.25) is 11.8 Å². The molecule has 0 bridgehead atoms. The number of aromatic nitrogens is 2. The molecule has 2 aromatic rings. The van der Waals surface area contributed by atoms with Crippen LogP contribution in [0.4, 0.5) is 15.1 Å². The van der Waals surface area contributed by atoms with Gasteiger partial charge in [-0.15, -0.1) is 0 Å². The number of rotatable bonds is 3. The lowest BCUT2D eigenvalue weighted by Gasteiger charge is -2.09. The van der Waals surface area contributed by atoms with Gasteiger partial charge >= 0.3 is 12.1 Å². The fraction of sp³-hybridized carbons (Fsp3) is 0.188. The molecule has 0 spiro atoms. The van der Waals surface area contributed by atoms with Crippen LogP contribution in [0.15, 0.2) is 18.2 Å². The second kappa shape index (κ2) is 11.5. The van der Waals surface area contributed by atoms with Crippen molar-refractivity contribution in [2.24, 2.45) is 11.5 Å². The molecule has 0 saturated carbocycles. The Labute approximate surface area is 164 Å². The lowest BCUT2D eigenvalue weighted by Crippen LogP contribution is -2.20. The number of nitrogen functional groups attached to an aromatic ring is 1. The van der Waals surface area contributed by atoms with E-state index in [9.17, 15) is 14.3 Å². The van der Waals surface area contributed by atoms with Crippen molar-refractivity contribution >= 4 is 24.0 Å². The Kier molecular flexibility index (Phi) is 9.88. The lowest BCUT2D eigenvalue weighted by atomic mass is 10.0. The van der Waals surface area contributed by atoms with Gasteiger partial charge in [-0.05, 0) is 24.6 Å². The van der Waals surface area contributed by atoms with E-state index < -0.39 is 17.9 Å². The first-order valence-corrected chi connectivity index (χ1v) is 7.59. The highest BCUT2D eigenvalue weighted by atomic mass is 19.1. The van der Waals surface area contributed by atoms with Gasteiger partial charge in [-0.2, -0.15) is 4.98 Å². The summed E-state index contributed by atoms with van der Waals surface area (Å²) in [6.07, 6.45) is -1.74. The summed E-state index contributed by atoms with van der Waals surface area (Å²) in [6, 6.07) is 4.00. The SMILES string of the molecule is COC(=O)c1ccc(Cc2c(C)nc(N)nc2O)c(F)c1.N=C(N)N.O=C(O)O. The minimum Gasteiger partial charge on any atom is -0.493 e. The Morgan fingerprint density at radius 3 is 2.17 bits per heavy atom. The number of ether oxygens (including phenoxy) is 1. The first-order valence-electron chi connectivity index (χ1n) is 7.59. The van der Waals surface area contributed by atoms with Crippen molar-refractivity contribution in [2.75, 3.05) is 12.8 Å². The van der Waals surface area contributed by atoms with Crippen LogP contribution in [0.1, 0.15) is 27.2 Å². The Balaban J connectivity index is 0.000000837. The Bertz CT molecular complexity index is 849. The van der Waals surface area contributed by atoms with Crippen LogP contribution >= 0.6 is 0 Å². The molecular weight excluding hydrogens is 391 g/mol. The van der Waals surface area contributed by atoms with Gasteiger partial charge in [-0.1, -0.05) is 6.07 Å². The van der Waals surface area contributed by atoms with Crippen LogP contribution in [0.5, 0.6) is 5.88 Å². The average Bonchev–Trinajstić information content (AvgIpc) is 2.57. The average molecular weight is 412 g/mol. The molecule has 0 amide bonds. The molecule has 2 rings (SSSR count). The first-order chi connectivity index (χ1) is 13.4. The molecule has 29 heavy (non-hydrogen) atoms. The summed E-state index contributed by atoms with van der Waals surface area (Å²) in [5.74, 6) is -1.85. The largest absolute Gasteiger partial charge is 0.503 e. The molecule has 1 aromatic heterocycles. The number of esters is 1. The van der Waals surface area contributed by atoms with E-state index in [-0.39, 0.29) is 29.8 Å². The molecule has 0 fully saturated rings. The van der Waals surface area contributed by atoms with Gasteiger partial charge in [-0.3, -0.25) is 5.41 Å². The summed E-state index contributed by atoms with van der Waals surface area (Å²) in [4.78, 5) is 27.4. The number of guanidine groups is 1. The predicted octanol–water partition coefficient (Wildman–Crippen LogP) is 0.650. The number of methoxy groups -OCH3 is 1. The highest BCUT2D eigenvalue weighted by Gasteiger charge is 2.15. The monoisotopic (exact) mass is 412 g/mol. The van der Waals surface area contributed by atoms with Gasteiger partial charge in [0.15, 0.2) is 5.96 Å². The molecule has 1 aromatic carbocycles. The van der Waals surface area contributed by atoms with E-state index >= 15 is 0 Å². The van der Waals surface area contributed by atoms with Crippen molar-refractivity contribution in [3.8, 4) is 5.88 Å². The maximum Gasteiger partial charge on any atom is 0.503 e. The van der Waals surface area contributed by atoms with E-state index in [0.29, 0.717) is 16.8 Å². The Morgan fingerprint density at radius 1 is 1.24 bits per heavy atom. The van der Waals surface area contributed by atoms with Crippen LogP contribution in [0.25, 0.3) is 0 Å². The highest BCUT2D eigenvalue weighted by Crippen LogP contribution is 2.23.